The van der Waals surface area contributed by atoms with Crippen molar-refractivity contribution < 1.29 is 5.11 Å². The number of aromatic nitrogens is 2. The number of rotatable bonds is 1. The summed E-state index contributed by atoms with van der Waals surface area (Å²) in [6.07, 6.45) is 0. The van der Waals surface area contributed by atoms with Gasteiger partial charge < -0.3 is 5.11 Å². The molecule has 0 saturated carbocycles. The molecule has 0 bridgehead atoms. The van der Waals surface area contributed by atoms with Crippen molar-refractivity contribution in [2.24, 2.45) is 0 Å². The van der Waals surface area contributed by atoms with E-state index < -0.39 is 0 Å². The zero-order valence-electron chi connectivity index (χ0n) is 9.13. The quantitative estimate of drug-likeness (QED) is 0.747. The lowest BCUT2D eigenvalue weighted by molar-refractivity contribution is 0.471. The van der Waals surface area contributed by atoms with Crippen molar-refractivity contribution in [1.82, 2.24) is 10.2 Å². The van der Waals surface area contributed by atoms with Crippen LogP contribution in [0.3, 0.4) is 0 Å². The number of hydrogen-bond acceptors (Lipinski definition) is 2. The molecule has 3 nitrogen and oxygen atoms in total. The van der Waals surface area contributed by atoms with Crippen LogP contribution in [0.2, 0.25) is 0 Å². The highest BCUT2D eigenvalue weighted by molar-refractivity contribution is 5.70. The Balaban J connectivity index is 2.59. The molecule has 0 atom stereocenters. The minimum absolute atomic E-state index is 0.326. The van der Waals surface area contributed by atoms with E-state index in [-0.39, 0.29) is 0 Å². The third-order valence-electron chi connectivity index (χ3n) is 2.63. The monoisotopic (exact) mass is 202 g/mol. The first-order valence-corrected chi connectivity index (χ1v) is 4.91. The number of benzene rings is 1. The van der Waals surface area contributed by atoms with Crippen molar-refractivity contribution in [3.63, 3.8) is 0 Å². The summed E-state index contributed by atoms with van der Waals surface area (Å²) in [7, 11) is 0. The maximum Gasteiger partial charge on any atom is 0.119 e. The Labute approximate surface area is 88.8 Å². The maximum atomic E-state index is 9.65. The second-order valence-electron chi connectivity index (χ2n) is 3.81. The molecule has 0 fully saturated rings. The van der Waals surface area contributed by atoms with Gasteiger partial charge in [-0.25, -0.2) is 0 Å². The fourth-order valence-corrected chi connectivity index (χ4v) is 1.74. The first-order valence-electron chi connectivity index (χ1n) is 4.91. The number of H-pyrrole nitrogens is 1. The highest BCUT2D eigenvalue weighted by Crippen LogP contribution is 2.29. The molecule has 1 aromatic heterocycles. The molecule has 0 aliphatic carbocycles. The van der Waals surface area contributed by atoms with Gasteiger partial charge in [-0.3, -0.25) is 5.10 Å². The van der Waals surface area contributed by atoms with E-state index in [1.807, 2.05) is 32.9 Å². The molecular weight excluding hydrogens is 188 g/mol. The molecular formula is C12H14N2O. The number of phenolic OH excluding ortho intramolecular Hbond substituents is 1. The van der Waals surface area contributed by atoms with E-state index >= 15 is 0 Å². The van der Waals surface area contributed by atoms with Gasteiger partial charge in [0.15, 0.2) is 0 Å². The third kappa shape index (κ3) is 1.61. The molecule has 2 rings (SSSR count). The van der Waals surface area contributed by atoms with E-state index in [9.17, 15) is 5.11 Å². The van der Waals surface area contributed by atoms with Crippen LogP contribution in [-0.4, -0.2) is 15.3 Å². The van der Waals surface area contributed by atoms with Gasteiger partial charge in [-0.2, -0.15) is 5.10 Å². The van der Waals surface area contributed by atoms with E-state index in [1.165, 1.54) is 0 Å². The summed E-state index contributed by atoms with van der Waals surface area (Å²) in [4.78, 5) is 0. The molecule has 0 spiro atoms. The Morgan fingerprint density at radius 2 is 1.93 bits per heavy atom. The zero-order chi connectivity index (χ0) is 11.0. The predicted molar refractivity (Wildman–Crippen MR) is 59.9 cm³/mol. The van der Waals surface area contributed by atoms with Gasteiger partial charge in [-0.05, 0) is 38.0 Å². The highest BCUT2D eigenvalue weighted by atomic mass is 16.3. The van der Waals surface area contributed by atoms with Crippen molar-refractivity contribution >= 4 is 0 Å². The maximum absolute atomic E-state index is 9.65. The van der Waals surface area contributed by atoms with Crippen LogP contribution >= 0.6 is 0 Å². The molecule has 15 heavy (non-hydrogen) atoms. The molecule has 0 radical (unpaired) electrons. The molecule has 2 N–H and O–H groups in total. The summed E-state index contributed by atoms with van der Waals surface area (Å²) in [6, 6.07) is 5.69. The van der Waals surface area contributed by atoms with Gasteiger partial charge in [0.2, 0.25) is 0 Å². The van der Waals surface area contributed by atoms with Crippen LogP contribution in [0, 0.1) is 20.8 Å². The lowest BCUT2D eigenvalue weighted by Crippen LogP contribution is -1.83. The summed E-state index contributed by atoms with van der Waals surface area (Å²) in [5, 5.41) is 16.7. The lowest BCUT2D eigenvalue weighted by Gasteiger charge is -2.04. The summed E-state index contributed by atoms with van der Waals surface area (Å²) < 4.78 is 0. The minimum Gasteiger partial charge on any atom is -0.508 e. The molecule has 1 aromatic carbocycles. The van der Waals surface area contributed by atoms with Gasteiger partial charge in [-0.1, -0.05) is 12.1 Å². The van der Waals surface area contributed by atoms with Gasteiger partial charge >= 0.3 is 0 Å². The predicted octanol–water partition coefficient (Wildman–Crippen LogP) is 2.71. The number of aromatic amines is 1. The smallest absolute Gasteiger partial charge is 0.119 e. The van der Waals surface area contributed by atoms with Gasteiger partial charge in [0.25, 0.3) is 0 Å². The van der Waals surface area contributed by atoms with E-state index in [0.29, 0.717) is 5.75 Å². The number of phenols is 1. The standard InChI is InChI=1S/C12H14N2O/c1-7-4-5-10(6-11(7)15)12-8(2)13-14-9(12)3/h4-6,15H,1-3H3,(H,13,14). The molecule has 0 saturated heterocycles. The van der Waals surface area contributed by atoms with Crippen molar-refractivity contribution in [3.8, 4) is 16.9 Å². The number of aryl methyl sites for hydroxylation is 3. The van der Waals surface area contributed by atoms with Crippen LogP contribution in [0.15, 0.2) is 18.2 Å². The van der Waals surface area contributed by atoms with E-state index in [2.05, 4.69) is 10.2 Å². The average molecular weight is 202 g/mol. The number of nitrogens with one attached hydrogen (secondary N) is 1. The molecule has 0 aliphatic rings. The number of hydrogen-bond donors (Lipinski definition) is 2. The largest absolute Gasteiger partial charge is 0.508 e. The first-order chi connectivity index (χ1) is 7.09. The summed E-state index contributed by atoms with van der Waals surface area (Å²) >= 11 is 0. The van der Waals surface area contributed by atoms with Crippen LogP contribution in [0.1, 0.15) is 17.0 Å². The van der Waals surface area contributed by atoms with Crippen molar-refractivity contribution in [2.45, 2.75) is 20.8 Å². The Kier molecular flexibility index (Phi) is 2.23. The second kappa shape index (κ2) is 3.42. The molecule has 0 unspecified atom stereocenters. The summed E-state index contributed by atoms with van der Waals surface area (Å²) in [6.45, 7) is 5.82. The van der Waals surface area contributed by atoms with E-state index in [4.69, 9.17) is 0 Å². The van der Waals surface area contributed by atoms with E-state index in [1.54, 1.807) is 6.07 Å². The van der Waals surface area contributed by atoms with Gasteiger partial charge in [0, 0.05) is 11.3 Å². The Bertz CT molecular complexity index is 481. The molecule has 1 heterocycles. The SMILES string of the molecule is Cc1ccc(-c2c(C)n[nH]c2C)cc1O. The van der Waals surface area contributed by atoms with Crippen molar-refractivity contribution in [3.05, 3.63) is 35.2 Å². The average Bonchev–Trinajstić information content (AvgIpc) is 2.52. The second-order valence-corrected chi connectivity index (χ2v) is 3.81. The van der Waals surface area contributed by atoms with Crippen molar-refractivity contribution in [1.29, 1.82) is 0 Å². The molecule has 3 heteroatoms. The summed E-state index contributed by atoms with van der Waals surface area (Å²) in [5.74, 6) is 0.326. The van der Waals surface area contributed by atoms with Crippen molar-refractivity contribution in [2.75, 3.05) is 0 Å². The Morgan fingerprint density at radius 3 is 2.47 bits per heavy atom. The van der Waals surface area contributed by atoms with Crippen LogP contribution in [-0.2, 0) is 0 Å². The number of aromatic hydroxyl groups is 1. The van der Waals surface area contributed by atoms with Gasteiger partial charge in [0.1, 0.15) is 5.75 Å². The Hall–Kier alpha value is -1.77. The first kappa shape index (κ1) is 9.77. The van der Waals surface area contributed by atoms with Crippen LogP contribution in [0.4, 0.5) is 0 Å². The van der Waals surface area contributed by atoms with E-state index in [0.717, 1.165) is 28.1 Å². The molecule has 2 aromatic rings. The zero-order valence-corrected chi connectivity index (χ0v) is 9.13. The Morgan fingerprint density at radius 1 is 1.20 bits per heavy atom. The topological polar surface area (TPSA) is 48.9 Å². The fourth-order valence-electron chi connectivity index (χ4n) is 1.74. The van der Waals surface area contributed by atoms with Crippen LogP contribution in [0.5, 0.6) is 5.75 Å². The summed E-state index contributed by atoms with van der Waals surface area (Å²) in [5.41, 5.74) is 4.94. The third-order valence-corrected chi connectivity index (χ3v) is 2.63. The van der Waals surface area contributed by atoms with Crippen LogP contribution in [0.25, 0.3) is 11.1 Å². The normalized spacial score (nSPS) is 10.6. The number of nitrogens with zero attached hydrogens (tertiary/aromatic N) is 1. The molecule has 78 valence electrons. The minimum atomic E-state index is 0.326. The molecule has 0 aliphatic heterocycles. The fraction of sp³-hybridized carbons (Fsp3) is 0.250. The lowest BCUT2D eigenvalue weighted by atomic mass is 10.0. The van der Waals surface area contributed by atoms with Crippen LogP contribution < -0.4 is 0 Å². The van der Waals surface area contributed by atoms with Gasteiger partial charge in [0.05, 0.1) is 5.69 Å². The molecule has 0 amide bonds. The highest BCUT2D eigenvalue weighted by Gasteiger charge is 2.09. The van der Waals surface area contributed by atoms with Gasteiger partial charge in [-0.15, -0.1) is 0 Å².